The lowest BCUT2D eigenvalue weighted by Crippen LogP contribution is -2.52. The van der Waals surface area contributed by atoms with Crippen LogP contribution in [0.25, 0.3) is 0 Å². The normalized spacial score (nSPS) is 25.7. The fraction of sp³-hybridized carbons (Fsp3) is 1.00. The summed E-state index contributed by atoms with van der Waals surface area (Å²) in [6.45, 7) is 4.13. The van der Waals surface area contributed by atoms with Crippen molar-refractivity contribution >= 4 is 0 Å². The van der Waals surface area contributed by atoms with Crippen molar-refractivity contribution in [2.24, 2.45) is 0 Å². The van der Waals surface area contributed by atoms with Gasteiger partial charge in [-0.25, -0.2) is 4.90 Å². The number of hydrogen-bond donors (Lipinski definition) is 1. The van der Waals surface area contributed by atoms with Crippen LogP contribution in [-0.2, 0) is 0 Å². The van der Waals surface area contributed by atoms with E-state index in [2.05, 4.69) is 5.32 Å². The van der Waals surface area contributed by atoms with Gasteiger partial charge in [0.1, 0.15) is 0 Å². The number of nitrogens with one attached hydrogen (secondary N) is 1. The maximum absolute atomic E-state index is 12.4. The summed E-state index contributed by atoms with van der Waals surface area (Å²) < 4.78 is 37.1. The molecule has 1 aliphatic heterocycles. The van der Waals surface area contributed by atoms with Gasteiger partial charge in [0.2, 0.25) is 0 Å². The summed E-state index contributed by atoms with van der Waals surface area (Å²) in [5.74, 6) is 0. The first-order chi connectivity index (χ1) is 6.39. The van der Waals surface area contributed by atoms with Crippen molar-refractivity contribution in [1.82, 2.24) is 10.2 Å². The van der Waals surface area contributed by atoms with Gasteiger partial charge in [0.25, 0.3) is 0 Å². The smallest absolute Gasteiger partial charge is 0.311 e. The lowest BCUT2D eigenvalue weighted by atomic mass is 10.1. The Labute approximate surface area is 82.5 Å². The van der Waals surface area contributed by atoms with Crippen LogP contribution in [0.2, 0.25) is 0 Å². The Kier molecular flexibility index (Phi) is 3.78. The van der Waals surface area contributed by atoms with Gasteiger partial charge in [-0.1, -0.05) is 13.8 Å². The van der Waals surface area contributed by atoms with Crippen molar-refractivity contribution in [3.63, 3.8) is 0 Å². The SMILES string of the molecule is CC(C)NC1CCCN(C(F)(F)F)C1. The molecular formula is C9H17F3N2. The van der Waals surface area contributed by atoms with E-state index in [0.717, 1.165) is 6.42 Å². The second kappa shape index (κ2) is 4.49. The van der Waals surface area contributed by atoms with Crippen molar-refractivity contribution in [2.75, 3.05) is 13.1 Å². The van der Waals surface area contributed by atoms with Gasteiger partial charge in [-0.3, -0.25) is 0 Å². The van der Waals surface area contributed by atoms with Crippen LogP contribution in [0.15, 0.2) is 0 Å². The predicted octanol–water partition coefficient (Wildman–Crippen LogP) is 1.97. The van der Waals surface area contributed by atoms with E-state index in [9.17, 15) is 13.2 Å². The first-order valence-electron chi connectivity index (χ1n) is 4.97. The third-order valence-corrected chi connectivity index (χ3v) is 2.35. The quantitative estimate of drug-likeness (QED) is 0.701. The van der Waals surface area contributed by atoms with Gasteiger partial charge >= 0.3 is 6.30 Å². The predicted molar refractivity (Wildman–Crippen MR) is 48.9 cm³/mol. The van der Waals surface area contributed by atoms with Crippen molar-refractivity contribution in [1.29, 1.82) is 0 Å². The summed E-state index contributed by atoms with van der Waals surface area (Å²) in [4.78, 5) is 0.594. The van der Waals surface area contributed by atoms with Crippen LogP contribution in [0.4, 0.5) is 13.2 Å². The lowest BCUT2D eigenvalue weighted by molar-refractivity contribution is -0.251. The highest BCUT2D eigenvalue weighted by Crippen LogP contribution is 2.25. The summed E-state index contributed by atoms with van der Waals surface area (Å²) in [5, 5.41) is 3.14. The molecule has 14 heavy (non-hydrogen) atoms. The Morgan fingerprint density at radius 1 is 1.36 bits per heavy atom. The maximum Gasteiger partial charge on any atom is 0.459 e. The first-order valence-corrected chi connectivity index (χ1v) is 4.97. The Bertz CT molecular complexity index is 179. The van der Waals surface area contributed by atoms with Crippen LogP contribution in [0.1, 0.15) is 26.7 Å². The molecule has 1 N–H and O–H groups in total. The van der Waals surface area contributed by atoms with Gasteiger partial charge in [0.05, 0.1) is 0 Å². The third-order valence-electron chi connectivity index (χ3n) is 2.35. The molecule has 0 aromatic rings. The van der Waals surface area contributed by atoms with Gasteiger partial charge in [-0.05, 0) is 12.8 Å². The van der Waals surface area contributed by atoms with Gasteiger partial charge < -0.3 is 5.32 Å². The Morgan fingerprint density at radius 2 is 2.00 bits per heavy atom. The van der Waals surface area contributed by atoms with E-state index in [1.165, 1.54) is 0 Å². The van der Waals surface area contributed by atoms with Gasteiger partial charge in [0, 0.05) is 25.2 Å². The zero-order valence-electron chi connectivity index (χ0n) is 8.56. The van der Waals surface area contributed by atoms with Gasteiger partial charge in [0.15, 0.2) is 0 Å². The molecule has 1 aliphatic rings. The zero-order valence-corrected chi connectivity index (χ0v) is 8.56. The van der Waals surface area contributed by atoms with Gasteiger partial charge in [-0.15, -0.1) is 0 Å². The van der Waals surface area contributed by atoms with E-state index >= 15 is 0 Å². The topological polar surface area (TPSA) is 15.3 Å². The number of rotatable bonds is 2. The molecular weight excluding hydrogens is 193 g/mol. The molecule has 0 aromatic carbocycles. The highest BCUT2D eigenvalue weighted by Gasteiger charge is 2.39. The molecule has 0 saturated carbocycles. The van der Waals surface area contributed by atoms with Crippen molar-refractivity contribution in [2.45, 2.75) is 45.1 Å². The number of alkyl halides is 3. The van der Waals surface area contributed by atoms with Gasteiger partial charge in [-0.2, -0.15) is 13.2 Å². The van der Waals surface area contributed by atoms with Crippen molar-refractivity contribution < 1.29 is 13.2 Å². The molecule has 0 aromatic heterocycles. The molecule has 0 spiro atoms. The molecule has 1 saturated heterocycles. The second-order valence-corrected chi connectivity index (χ2v) is 4.07. The lowest BCUT2D eigenvalue weighted by Gasteiger charge is -2.35. The molecule has 0 bridgehead atoms. The molecule has 1 atom stereocenters. The monoisotopic (exact) mass is 210 g/mol. The van der Waals surface area contributed by atoms with E-state index in [0.29, 0.717) is 11.3 Å². The van der Waals surface area contributed by atoms with Crippen LogP contribution in [0, 0.1) is 0 Å². The minimum Gasteiger partial charge on any atom is -0.311 e. The van der Waals surface area contributed by atoms with Crippen LogP contribution < -0.4 is 5.32 Å². The molecule has 1 heterocycles. The summed E-state index contributed by atoms with van der Waals surface area (Å²) in [6.07, 6.45) is -2.72. The minimum atomic E-state index is -4.17. The minimum absolute atomic E-state index is 0.0228. The molecule has 0 radical (unpaired) electrons. The fourth-order valence-corrected chi connectivity index (χ4v) is 1.81. The summed E-state index contributed by atoms with van der Waals surface area (Å²) in [5.41, 5.74) is 0. The van der Waals surface area contributed by atoms with E-state index < -0.39 is 6.30 Å². The average molecular weight is 210 g/mol. The number of likely N-dealkylation sites (tertiary alicyclic amines) is 1. The number of nitrogens with zero attached hydrogens (tertiary/aromatic N) is 1. The largest absolute Gasteiger partial charge is 0.459 e. The van der Waals surface area contributed by atoms with Crippen molar-refractivity contribution in [3.8, 4) is 0 Å². The van der Waals surface area contributed by atoms with E-state index in [1.54, 1.807) is 0 Å². The maximum atomic E-state index is 12.4. The summed E-state index contributed by atoms with van der Waals surface area (Å²) in [7, 11) is 0. The number of hydrogen-bond acceptors (Lipinski definition) is 2. The molecule has 5 heteroatoms. The molecule has 1 fully saturated rings. The fourth-order valence-electron chi connectivity index (χ4n) is 1.81. The van der Waals surface area contributed by atoms with Crippen molar-refractivity contribution in [3.05, 3.63) is 0 Å². The summed E-state index contributed by atoms with van der Waals surface area (Å²) in [6, 6.07) is 0.221. The zero-order chi connectivity index (χ0) is 10.8. The molecule has 0 amide bonds. The molecule has 0 aliphatic carbocycles. The third kappa shape index (κ3) is 3.46. The number of piperidine rings is 1. The molecule has 2 nitrogen and oxygen atoms in total. The first kappa shape index (κ1) is 11.8. The Morgan fingerprint density at radius 3 is 2.50 bits per heavy atom. The average Bonchev–Trinajstić information content (AvgIpc) is 2.01. The van der Waals surface area contributed by atoms with E-state index in [1.807, 2.05) is 13.8 Å². The van der Waals surface area contributed by atoms with Crippen LogP contribution in [0.3, 0.4) is 0 Å². The Hall–Kier alpha value is -0.290. The van der Waals surface area contributed by atoms with Crippen LogP contribution >= 0.6 is 0 Å². The van der Waals surface area contributed by atoms with Crippen LogP contribution in [0.5, 0.6) is 0 Å². The Balaban J connectivity index is 2.44. The number of halogens is 3. The summed E-state index contributed by atoms with van der Waals surface area (Å²) >= 11 is 0. The molecule has 1 unspecified atom stereocenters. The standard InChI is InChI=1S/C9H17F3N2/c1-7(2)13-8-4-3-5-14(6-8)9(10,11)12/h7-8,13H,3-6H2,1-2H3. The van der Waals surface area contributed by atoms with E-state index in [4.69, 9.17) is 0 Å². The highest BCUT2D eigenvalue weighted by molar-refractivity contribution is 4.80. The van der Waals surface area contributed by atoms with Crippen LogP contribution in [-0.4, -0.2) is 36.4 Å². The second-order valence-electron chi connectivity index (χ2n) is 4.07. The molecule has 84 valence electrons. The highest BCUT2D eigenvalue weighted by atomic mass is 19.4. The molecule has 1 rings (SSSR count). The van der Waals surface area contributed by atoms with E-state index in [-0.39, 0.29) is 25.2 Å².